The molecule has 6 aromatic carbocycles. The predicted molar refractivity (Wildman–Crippen MR) is 204 cm³/mol. The molecular weight excluding hydrogens is 621 g/mol. The van der Waals surface area contributed by atoms with Gasteiger partial charge in [-0.05, 0) is 64.4 Å². The summed E-state index contributed by atoms with van der Waals surface area (Å²) in [6, 6.07) is 36.8. The van der Waals surface area contributed by atoms with Gasteiger partial charge in [0.25, 0.3) is 0 Å². The zero-order valence-corrected chi connectivity index (χ0v) is 29.1. The summed E-state index contributed by atoms with van der Waals surface area (Å²) in [7, 11) is 0. The lowest BCUT2D eigenvalue weighted by Gasteiger charge is -2.22. The topological polar surface area (TPSA) is 14.2 Å². The van der Waals surface area contributed by atoms with Crippen molar-refractivity contribution in [3.8, 4) is 22.5 Å². The van der Waals surface area contributed by atoms with E-state index in [1.165, 1.54) is 23.8 Å². The number of hydrogen-bond donors (Lipinski definition) is 0. The summed E-state index contributed by atoms with van der Waals surface area (Å²) < 4.78 is 35.9. The van der Waals surface area contributed by atoms with E-state index >= 15 is 8.78 Å². The van der Waals surface area contributed by atoms with Crippen molar-refractivity contribution >= 4 is 49.3 Å². The van der Waals surface area contributed by atoms with Crippen LogP contribution in [0.25, 0.3) is 71.0 Å². The highest BCUT2D eigenvalue weighted by atomic mass is 19.1. The van der Waals surface area contributed by atoms with Crippen LogP contribution >= 0.6 is 0 Å². The van der Waals surface area contributed by atoms with Gasteiger partial charge in [0, 0.05) is 27.1 Å². The second kappa shape index (κ2) is 11.1. The normalized spacial score (nSPS) is 12.4. The van der Waals surface area contributed by atoms with Gasteiger partial charge in [0.05, 0.1) is 45.6 Å². The van der Waals surface area contributed by atoms with E-state index in [9.17, 15) is 0 Å². The number of benzene rings is 6. The maximum atomic E-state index is 15.9. The molecule has 0 saturated heterocycles. The van der Waals surface area contributed by atoms with Crippen LogP contribution in [-0.2, 0) is 10.8 Å². The number of para-hydroxylation sites is 2. The van der Waals surface area contributed by atoms with Crippen LogP contribution in [0.2, 0.25) is 0 Å². The Balaban J connectivity index is 1.59. The molecule has 2 aromatic heterocycles. The van der Waals surface area contributed by atoms with E-state index in [0.29, 0.717) is 22.6 Å². The van der Waals surface area contributed by atoms with E-state index in [1.54, 1.807) is 6.07 Å². The minimum atomic E-state index is -0.683. The monoisotopic (exact) mass is 657 g/mol. The Morgan fingerprint density at radius 3 is 1.52 bits per heavy atom. The SMILES string of the molecule is [C-]#[N+]c1c(-n2c3ccccc3c3ccc(C(C)(C)C)cc32)ccc(-c2c(F)cccc2F)c1-n1c2ccccc2c2ccc(C(C)(C)C)cc21. The molecule has 0 aliphatic carbocycles. The van der Waals surface area contributed by atoms with E-state index in [1.807, 2.05) is 41.0 Å². The molecule has 0 bridgehead atoms. The third-order valence-corrected chi connectivity index (χ3v) is 10.0. The highest BCUT2D eigenvalue weighted by Crippen LogP contribution is 2.47. The number of fused-ring (bicyclic) bond motifs is 6. The molecular formula is C45H37F2N3. The Morgan fingerprint density at radius 2 is 1.00 bits per heavy atom. The van der Waals surface area contributed by atoms with Crippen molar-refractivity contribution in [2.75, 3.05) is 0 Å². The van der Waals surface area contributed by atoms with E-state index in [0.717, 1.165) is 49.2 Å². The molecule has 8 aromatic rings. The Labute approximate surface area is 290 Å². The molecule has 8 rings (SSSR count). The van der Waals surface area contributed by atoms with Gasteiger partial charge in [-0.3, -0.25) is 0 Å². The first kappa shape index (κ1) is 31.5. The maximum Gasteiger partial charge on any atom is 0.234 e. The van der Waals surface area contributed by atoms with Crippen LogP contribution in [0, 0.1) is 18.2 Å². The first-order chi connectivity index (χ1) is 23.9. The minimum Gasteiger partial charge on any atom is -0.319 e. The molecule has 50 heavy (non-hydrogen) atoms. The first-order valence-corrected chi connectivity index (χ1v) is 17.0. The molecule has 246 valence electrons. The highest BCUT2D eigenvalue weighted by Gasteiger charge is 2.27. The quantitative estimate of drug-likeness (QED) is 0.168. The molecule has 5 heteroatoms. The molecule has 0 saturated carbocycles. The van der Waals surface area contributed by atoms with Crippen molar-refractivity contribution in [1.82, 2.24) is 9.13 Å². The molecule has 0 amide bonds. The van der Waals surface area contributed by atoms with Crippen molar-refractivity contribution in [2.24, 2.45) is 0 Å². The molecule has 3 nitrogen and oxygen atoms in total. The lowest BCUT2D eigenvalue weighted by Crippen LogP contribution is -2.11. The summed E-state index contributed by atoms with van der Waals surface area (Å²) in [6.07, 6.45) is 0. The number of halogens is 2. The molecule has 0 aliphatic heterocycles. The fourth-order valence-electron chi connectivity index (χ4n) is 7.42. The van der Waals surface area contributed by atoms with E-state index < -0.39 is 11.6 Å². The molecule has 2 heterocycles. The third-order valence-electron chi connectivity index (χ3n) is 10.0. The second-order valence-electron chi connectivity index (χ2n) is 15.2. The molecule has 0 radical (unpaired) electrons. The van der Waals surface area contributed by atoms with Crippen molar-refractivity contribution in [3.63, 3.8) is 0 Å². The zero-order valence-electron chi connectivity index (χ0n) is 29.1. The number of nitrogens with zero attached hydrogens (tertiary/aromatic N) is 3. The molecule has 0 N–H and O–H groups in total. The maximum absolute atomic E-state index is 15.9. The van der Waals surface area contributed by atoms with E-state index in [4.69, 9.17) is 6.57 Å². The smallest absolute Gasteiger partial charge is 0.234 e. The Bertz CT molecular complexity index is 2690. The van der Waals surface area contributed by atoms with Crippen LogP contribution in [0.4, 0.5) is 14.5 Å². The van der Waals surface area contributed by atoms with Crippen LogP contribution in [0.5, 0.6) is 0 Å². The summed E-state index contributed by atoms with van der Waals surface area (Å²) in [5.74, 6) is -1.37. The Morgan fingerprint density at radius 1 is 0.520 bits per heavy atom. The predicted octanol–water partition coefficient (Wildman–Crippen LogP) is 13.0. The first-order valence-electron chi connectivity index (χ1n) is 17.0. The average molecular weight is 658 g/mol. The fraction of sp³-hybridized carbons (Fsp3) is 0.178. The minimum absolute atomic E-state index is 0.108. The van der Waals surface area contributed by atoms with Crippen LogP contribution in [0.3, 0.4) is 0 Å². The molecule has 0 atom stereocenters. The van der Waals surface area contributed by atoms with Crippen LogP contribution < -0.4 is 0 Å². The lowest BCUT2D eigenvalue weighted by atomic mass is 9.86. The van der Waals surface area contributed by atoms with Gasteiger partial charge >= 0.3 is 0 Å². The summed E-state index contributed by atoms with van der Waals surface area (Å²) in [4.78, 5) is 4.26. The Kier molecular flexibility index (Phi) is 7.03. The number of aromatic nitrogens is 2. The van der Waals surface area contributed by atoms with Crippen molar-refractivity contribution in [3.05, 3.63) is 149 Å². The highest BCUT2D eigenvalue weighted by molar-refractivity contribution is 6.12. The van der Waals surface area contributed by atoms with Gasteiger partial charge in [-0.25, -0.2) is 13.6 Å². The van der Waals surface area contributed by atoms with Crippen molar-refractivity contribution in [1.29, 1.82) is 0 Å². The number of rotatable bonds is 3. The lowest BCUT2D eigenvalue weighted by molar-refractivity contribution is 0.589. The van der Waals surface area contributed by atoms with Gasteiger partial charge in [-0.1, -0.05) is 114 Å². The summed E-state index contributed by atoms with van der Waals surface area (Å²) >= 11 is 0. The largest absolute Gasteiger partial charge is 0.319 e. The average Bonchev–Trinajstić information content (AvgIpc) is 3.59. The van der Waals surface area contributed by atoms with E-state index in [-0.39, 0.29) is 16.4 Å². The molecule has 0 spiro atoms. The van der Waals surface area contributed by atoms with Gasteiger partial charge in [-0.15, -0.1) is 0 Å². The number of hydrogen-bond acceptors (Lipinski definition) is 0. The molecule has 0 unspecified atom stereocenters. The third kappa shape index (κ3) is 4.74. The van der Waals surface area contributed by atoms with Gasteiger partial charge in [0.1, 0.15) is 11.6 Å². The summed E-state index contributed by atoms with van der Waals surface area (Å²) in [6.45, 7) is 21.9. The Hall–Kier alpha value is -5.73. The van der Waals surface area contributed by atoms with Gasteiger partial charge in [0.15, 0.2) is 0 Å². The standard InChI is InChI=1S/C45H37F2N3/c1-44(2,3)27-19-21-31-29-13-8-10-17-36(29)49(39(31)25-27)38-24-23-33(41-34(46)15-12-16-35(41)47)43(42(38)48-7)50-37-18-11-9-14-30(37)32-22-20-28(26-40(32)50)45(4,5)6/h8-26H,1-6H3. The summed E-state index contributed by atoms with van der Waals surface area (Å²) in [5.41, 5.74) is 7.21. The fourth-order valence-corrected chi connectivity index (χ4v) is 7.42. The summed E-state index contributed by atoms with van der Waals surface area (Å²) in [5, 5.41) is 4.14. The second-order valence-corrected chi connectivity index (χ2v) is 15.2. The van der Waals surface area contributed by atoms with Gasteiger partial charge in [0.2, 0.25) is 5.69 Å². The zero-order chi connectivity index (χ0) is 35.1. The van der Waals surface area contributed by atoms with Crippen LogP contribution in [-0.4, -0.2) is 9.13 Å². The molecule has 0 fully saturated rings. The van der Waals surface area contributed by atoms with E-state index in [2.05, 4.69) is 106 Å². The van der Waals surface area contributed by atoms with Gasteiger partial charge in [-0.2, -0.15) is 0 Å². The van der Waals surface area contributed by atoms with Crippen LogP contribution in [0.1, 0.15) is 52.7 Å². The van der Waals surface area contributed by atoms with Crippen LogP contribution in [0.15, 0.2) is 115 Å². The van der Waals surface area contributed by atoms with Crippen molar-refractivity contribution < 1.29 is 8.78 Å². The molecule has 0 aliphatic rings. The van der Waals surface area contributed by atoms with Gasteiger partial charge < -0.3 is 9.13 Å². The van der Waals surface area contributed by atoms with Crippen molar-refractivity contribution in [2.45, 2.75) is 52.4 Å².